The van der Waals surface area contributed by atoms with E-state index in [0.717, 1.165) is 39.9 Å². The highest BCUT2D eigenvalue weighted by Crippen LogP contribution is 2.54. The van der Waals surface area contributed by atoms with Gasteiger partial charge < -0.3 is 10.0 Å². The number of nitrogens with zero attached hydrogens (tertiary/aromatic N) is 4. The minimum atomic E-state index is -2.37. The molecular formula is C52H58N4O2S3Si. The Bertz CT molecular complexity index is 2670. The second-order valence-corrected chi connectivity index (χ2v) is 25.0. The molecule has 0 bridgehead atoms. The van der Waals surface area contributed by atoms with Gasteiger partial charge in [0.05, 0.1) is 11.7 Å². The van der Waals surface area contributed by atoms with Crippen LogP contribution in [0.2, 0.25) is 12.1 Å². The average molecular weight is 895 g/mol. The van der Waals surface area contributed by atoms with Gasteiger partial charge in [-0.25, -0.2) is 4.79 Å². The number of aliphatic carboxylic acids is 1. The summed E-state index contributed by atoms with van der Waals surface area (Å²) >= 11 is 4.88. The van der Waals surface area contributed by atoms with Gasteiger partial charge in [-0.1, -0.05) is 121 Å². The minimum Gasteiger partial charge on any atom is -0.477 e. The van der Waals surface area contributed by atoms with Gasteiger partial charge in [0.2, 0.25) is 0 Å². The first-order chi connectivity index (χ1) is 30.2. The number of hydrogen-bond acceptors (Lipinski definition) is 8. The van der Waals surface area contributed by atoms with Gasteiger partial charge in [0, 0.05) is 54.0 Å². The number of aryl methyl sites for hydroxylation is 1. The zero-order chi connectivity index (χ0) is 43.1. The summed E-state index contributed by atoms with van der Waals surface area (Å²) in [5, 5.41) is 22.7. The SMILES string of the molecule is CCCCC(CC)C[Si]1(CC(CC)CCCC)c2cc(/C=C(\C#N)C(=O)O)sc2-c2sc(-c3ccc(-c4ccc5c(c4)C4CCCC4N5c4ccc(C)cc4)c4nsnc34)cc21. The lowest BCUT2D eigenvalue weighted by Crippen LogP contribution is -2.56. The number of rotatable bonds is 17. The van der Waals surface area contributed by atoms with Crippen LogP contribution in [-0.2, 0) is 4.79 Å². The Morgan fingerprint density at radius 1 is 0.871 bits per heavy atom. The van der Waals surface area contributed by atoms with Crippen LogP contribution in [0, 0.1) is 30.1 Å². The van der Waals surface area contributed by atoms with Crippen LogP contribution in [0.25, 0.3) is 48.4 Å². The third kappa shape index (κ3) is 7.61. The fourth-order valence-electron chi connectivity index (χ4n) is 11.2. The van der Waals surface area contributed by atoms with Gasteiger partial charge in [-0.15, -0.1) is 22.7 Å². The molecule has 1 fully saturated rings. The molecule has 3 aromatic heterocycles. The molecule has 1 saturated carbocycles. The van der Waals surface area contributed by atoms with Crippen LogP contribution in [0.4, 0.5) is 11.4 Å². The van der Waals surface area contributed by atoms with Crippen molar-refractivity contribution < 1.29 is 9.90 Å². The molecule has 0 spiro atoms. The first kappa shape index (κ1) is 42.9. The number of benzene rings is 3. The van der Waals surface area contributed by atoms with Gasteiger partial charge >= 0.3 is 5.97 Å². The van der Waals surface area contributed by atoms with Gasteiger partial charge in [-0.05, 0) is 108 Å². The van der Waals surface area contributed by atoms with Crippen molar-refractivity contribution in [3.05, 3.63) is 88.3 Å². The van der Waals surface area contributed by atoms with Crippen LogP contribution in [0.15, 0.2) is 72.3 Å². The molecule has 10 heteroatoms. The zero-order valence-corrected chi connectivity index (χ0v) is 40.2. The molecule has 4 unspecified atom stereocenters. The number of fused-ring (bicyclic) bond motifs is 7. The molecule has 62 heavy (non-hydrogen) atoms. The molecule has 4 atom stereocenters. The van der Waals surface area contributed by atoms with Crippen LogP contribution in [0.3, 0.4) is 0 Å². The molecule has 6 nitrogen and oxygen atoms in total. The second-order valence-electron chi connectivity index (χ2n) is 18.2. The minimum absolute atomic E-state index is 0.207. The summed E-state index contributed by atoms with van der Waals surface area (Å²) in [6.45, 7) is 11.5. The molecule has 1 aliphatic carbocycles. The smallest absolute Gasteiger partial charge is 0.346 e. The van der Waals surface area contributed by atoms with Crippen LogP contribution < -0.4 is 15.3 Å². The number of thiophene rings is 2. The topological polar surface area (TPSA) is 90.1 Å². The molecule has 2 aliphatic heterocycles. The van der Waals surface area contributed by atoms with Crippen LogP contribution >= 0.6 is 34.4 Å². The van der Waals surface area contributed by atoms with Crippen molar-refractivity contribution in [1.29, 1.82) is 5.26 Å². The summed E-state index contributed by atoms with van der Waals surface area (Å²) in [6.07, 6.45) is 15.0. The summed E-state index contributed by atoms with van der Waals surface area (Å²) in [5.41, 5.74) is 10.6. The van der Waals surface area contributed by atoms with E-state index < -0.39 is 14.0 Å². The maximum absolute atomic E-state index is 12.0. The largest absolute Gasteiger partial charge is 0.477 e. The normalized spacial score (nSPS) is 19.9. The Labute approximate surface area is 380 Å². The standard InChI is InChI=1S/C52H58N4O2S3Si/c1-6-10-13-33(8-3)30-62(31-34(9-4)14-11-7-2)46-27-38(25-36(29-53)52(57)58)59-50(46)51-47(62)28-45(60-51)41-23-22-39(48-49(41)55-61-54-48)35-19-24-44-42(26-35)40-15-12-16-43(40)56(44)37-20-17-32(5)18-21-37/h17-28,33-34,40,43H,6-16,30-31H2,1-5H3,(H,57,58)/b36-25+. The van der Waals surface area contributed by atoms with E-state index >= 15 is 0 Å². The second kappa shape index (κ2) is 18.0. The molecule has 320 valence electrons. The Hall–Kier alpha value is -4.40. The van der Waals surface area contributed by atoms with Crippen molar-refractivity contribution in [2.45, 2.75) is 129 Å². The Balaban J connectivity index is 1.15. The van der Waals surface area contributed by atoms with E-state index in [1.54, 1.807) is 22.6 Å². The van der Waals surface area contributed by atoms with Gasteiger partial charge in [0.25, 0.3) is 0 Å². The molecule has 1 N–H and O–H groups in total. The molecule has 0 saturated heterocycles. The summed E-state index contributed by atoms with van der Waals surface area (Å²) in [7, 11) is -2.37. The molecule has 9 rings (SSSR count). The molecule has 0 amide bonds. The number of unbranched alkanes of at least 4 members (excludes halogenated alkanes) is 2. The number of aromatic nitrogens is 2. The van der Waals surface area contributed by atoms with E-state index in [1.165, 1.54) is 129 Å². The highest BCUT2D eigenvalue weighted by atomic mass is 32.1. The van der Waals surface area contributed by atoms with E-state index in [1.807, 2.05) is 17.4 Å². The maximum atomic E-state index is 12.0. The average Bonchev–Trinajstić information content (AvgIpc) is 4.15. The van der Waals surface area contributed by atoms with Crippen molar-refractivity contribution in [3.8, 4) is 37.4 Å². The number of carboxylic acid groups (broad SMARTS) is 1. The molecule has 3 aromatic carbocycles. The first-order valence-electron chi connectivity index (χ1n) is 23.1. The predicted octanol–water partition coefficient (Wildman–Crippen LogP) is 14.2. The summed E-state index contributed by atoms with van der Waals surface area (Å²) in [6, 6.07) is 30.5. The lowest BCUT2D eigenvalue weighted by molar-refractivity contribution is -0.132. The van der Waals surface area contributed by atoms with Gasteiger partial charge in [0.15, 0.2) is 0 Å². The van der Waals surface area contributed by atoms with E-state index in [2.05, 4.69) is 106 Å². The van der Waals surface area contributed by atoms with E-state index in [-0.39, 0.29) is 5.57 Å². The van der Waals surface area contributed by atoms with Crippen LogP contribution in [-0.4, -0.2) is 33.9 Å². The highest BCUT2D eigenvalue weighted by molar-refractivity contribution is 7.31. The van der Waals surface area contributed by atoms with Crippen molar-refractivity contribution in [2.75, 3.05) is 4.90 Å². The first-order valence-corrected chi connectivity index (χ1v) is 27.9. The van der Waals surface area contributed by atoms with E-state index in [0.29, 0.717) is 23.8 Å². The third-order valence-electron chi connectivity index (χ3n) is 14.5. The Morgan fingerprint density at radius 3 is 2.19 bits per heavy atom. The van der Waals surface area contributed by atoms with E-state index in [4.69, 9.17) is 8.75 Å². The number of nitriles is 1. The lowest BCUT2D eigenvalue weighted by Gasteiger charge is -2.35. The summed E-state index contributed by atoms with van der Waals surface area (Å²) in [4.78, 5) is 19.4. The summed E-state index contributed by atoms with van der Waals surface area (Å²) in [5.74, 6) is 0.620. The molecule has 0 radical (unpaired) electrons. The highest BCUT2D eigenvalue weighted by Gasteiger charge is 2.50. The van der Waals surface area contributed by atoms with Crippen molar-refractivity contribution >= 4 is 87.3 Å². The predicted molar refractivity (Wildman–Crippen MR) is 266 cm³/mol. The van der Waals surface area contributed by atoms with Crippen molar-refractivity contribution in [2.24, 2.45) is 11.8 Å². The van der Waals surface area contributed by atoms with Gasteiger partial charge in [-0.2, -0.15) is 14.0 Å². The Kier molecular flexibility index (Phi) is 12.4. The number of hydrogen-bond donors (Lipinski definition) is 1. The van der Waals surface area contributed by atoms with Gasteiger partial charge in [-0.3, -0.25) is 0 Å². The molecular weight excluding hydrogens is 837 g/mol. The van der Waals surface area contributed by atoms with Crippen LogP contribution in [0.5, 0.6) is 0 Å². The fraction of sp³-hybridized carbons (Fsp3) is 0.423. The zero-order valence-electron chi connectivity index (χ0n) is 36.8. The van der Waals surface area contributed by atoms with Crippen molar-refractivity contribution in [1.82, 2.24) is 8.75 Å². The Morgan fingerprint density at radius 2 is 1.53 bits per heavy atom. The lowest BCUT2D eigenvalue weighted by atomic mass is 9.93. The van der Waals surface area contributed by atoms with E-state index in [9.17, 15) is 15.2 Å². The van der Waals surface area contributed by atoms with Crippen LogP contribution in [0.1, 0.15) is 120 Å². The number of carbonyl (C=O) groups is 1. The summed E-state index contributed by atoms with van der Waals surface area (Å²) < 4.78 is 10.0. The number of anilines is 2. The quantitative estimate of drug-likeness (QED) is 0.0557. The fourth-order valence-corrected chi connectivity index (χ4v) is 22.2. The molecule has 3 aliphatic rings. The number of carboxylic acids is 1. The van der Waals surface area contributed by atoms with Crippen molar-refractivity contribution in [3.63, 3.8) is 0 Å². The molecule has 5 heterocycles. The maximum Gasteiger partial charge on any atom is 0.346 e. The third-order valence-corrected chi connectivity index (χ3v) is 23.2. The van der Waals surface area contributed by atoms with Gasteiger partial charge in [0.1, 0.15) is 30.7 Å². The molecule has 6 aromatic rings. The monoisotopic (exact) mass is 894 g/mol.